The molecule has 1 aliphatic rings. The van der Waals surface area contributed by atoms with Crippen molar-refractivity contribution in [2.75, 3.05) is 12.9 Å². The number of ether oxygens (including phenoxy) is 4. The lowest BCUT2D eigenvalue weighted by Crippen LogP contribution is -2.63. The molecular formula is C31H34O8SSi. The van der Waals surface area contributed by atoms with Crippen molar-refractivity contribution in [1.29, 1.82) is 0 Å². The number of hydrogen-bond acceptors (Lipinski definition) is 9. The summed E-state index contributed by atoms with van der Waals surface area (Å²) in [7, 11) is -2.22. The van der Waals surface area contributed by atoms with Crippen LogP contribution in [0.5, 0.6) is 0 Å². The van der Waals surface area contributed by atoms with Crippen molar-refractivity contribution >= 4 is 38.0 Å². The Bertz CT molecular complexity index is 1300. The van der Waals surface area contributed by atoms with Gasteiger partial charge >= 0.3 is 17.9 Å². The second kappa shape index (κ2) is 14.0. The fourth-order valence-corrected chi connectivity index (χ4v) is 6.26. The van der Waals surface area contributed by atoms with E-state index in [1.807, 2.05) is 25.9 Å². The van der Waals surface area contributed by atoms with Crippen LogP contribution in [0.1, 0.15) is 31.1 Å². The minimum atomic E-state index is -2.22. The summed E-state index contributed by atoms with van der Waals surface area (Å²) in [5, 5.41) is 0. The molecule has 1 heterocycles. The average Bonchev–Trinajstić information content (AvgIpc) is 2.98. The van der Waals surface area contributed by atoms with Gasteiger partial charge in [-0.05, 0) is 62.3 Å². The zero-order chi connectivity index (χ0) is 29.4. The Morgan fingerprint density at radius 2 is 1.12 bits per heavy atom. The van der Waals surface area contributed by atoms with Gasteiger partial charge in [0.05, 0.1) is 16.7 Å². The highest BCUT2D eigenvalue weighted by atomic mass is 32.2. The van der Waals surface area contributed by atoms with Crippen molar-refractivity contribution in [2.24, 2.45) is 0 Å². The van der Waals surface area contributed by atoms with Gasteiger partial charge < -0.3 is 23.4 Å². The van der Waals surface area contributed by atoms with Gasteiger partial charge in [-0.3, -0.25) is 0 Å². The number of carbonyl (C=O) groups is 3. The highest BCUT2D eigenvalue weighted by Crippen LogP contribution is 2.35. The molecule has 0 radical (unpaired) electrons. The first-order valence-corrected chi connectivity index (χ1v) is 18.0. The maximum Gasteiger partial charge on any atom is 0.338 e. The number of hydrogen-bond donors (Lipinski definition) is 0. The second-order valence-electron chi connectivity index (χ2n) is 10.4. The summed E-state index contributed by atoms with van der Waals surface area (Å²) in [5.74, 6) is -1.78. The Morgan fingerprint density at radius 1 is 0.683 bits per heavy atom. The number of rotatable bonds is 10. The Hall–Kier alpha value is -3.44. The minimum Gasteiger partial charge on any atom is -0.459 e. The Balaban J connectivity index is 1.69. The van der Waals surface area contributed by atoms with Gasteiger partial charge in [-0.1, -0.05) is 54.6 Å². The number of thioether (sulfide) groups is 1. The number of benzene rings is 3. The fourth-order valence-electron chi connectivity index (χ4n) is 4.36. The van der Waals surface area contributed by atoms with Crippen LogP contribution in [0, 0.1) is 0 Å². The van der Waals surface area contributed by atoms with Gasteiger partial charge in [0.2, 0.25) is 0 Å². The van der Waals surface area contributed by atoms with Gasteiger partial charge in [-0.25, -0.2) is 14.4 Å². The van der Waals surface area contributed by atoms with Crippen molar-refractivity contribution in [2.45, 2.75) is 49.5 Å². The maximum absolute atomic E-state index is 13.3. The van der Waals surface area contributed by atoms with E-state index in [1.165, 1.54) is 11.8 Å². The molecule has 0 saturated carbocycles. The van der Waals surface area contributed by atoms with Crippen LogP contribution in [0.3, 0.4) is 0 Å². The van der Waals surface area contributed by atoms with E-state index in [1.54, 1.807) is 91.0 Å². The molecule has 1 saturated heterocycles. The molecule has 0 N–H and O–H groups in total. The van der Waals surface area contributed by atoms with Gasteiger partial charge in [0.15, 0.2) is 20.5 Å². The molecule has 4 unspecified atom stereocenters. The summed E-state index contributed by atoms with van der Waals surface area (Å²) in [5.41, 5.74) is 0.430. The average molecular weight is 595 g/mol. The van der Waals surface area contributed by atoms with Gasteiger partial charge in [-0.2, -0.15) is 0 Å². The Morgan fingerprint density at radius 3 is 1.56 bits per heavy atom. The van der Waals surface area contributed by atoms with Crippen LogP contribution in [-0.4, -0.2) is 68.9 Å². The van der Waals surface area contributed by atoms with Gasteiger partial charge in [0, 0.05) is 0 Å². The van der Waals surface area contributed by atoms with E-state index in [-0.39, 0.29) is 6.61 Å². The van der Waals surface area contributed by atoms with E-state index in [4.69, 9.17) is 23.4 Å². The maximum atomic E-state index is 13.3. The van der Waals surface area contributed by atoms with Crippen LogP contribution in [0.2, 0.25) is 19.6 Å². The van der Waals surface area contributed by atoms with Crippen LogP contribution in [0.25, 0.3) is 0 Å². The van der Waals surface area contributed by atoms with Gasteiger partial charge in [0.1, 0.15) is 24.3 Å². The molecule has 216 valence electrons. The van der Waals surface area contributed by atoms with Crippen molar-refractivity contribution in [3.63, 3.8) is 0 Å². The third-order valence-electron chi connectivity index (χ3n) is 6.21. The monoisotopic (exact) mass is 594 g/mol. The second-order valence-corrected chi connectivity index (χ2v) is 15.8. The van der Waals surface area contributed by atoms with Crippen molar-refractivity contribution < 1.29 is 37.8 Å². The molecule has 41 heavy (non-hydrogen) atoms. The van der Waals surface area contributed by atoms with Crippen molar-refractivity contribution in [3.8, 4) is 0 Å². The fraction of sp³-hybridized carbons (Fsp3) is 0.323. The lowest BCUT2D eigenvalue weighted by Gasteiger charge is -2.46. The van der Waals surface area contributed by atoms with E-state index in [9.17, 15) is 14.4 Å². The van der Waals surface area contributed by atoms with E-state index in [0.29, 0.717) is 16.7 Å². The smallest absolute Gasteiger partial charge is 0.338 e. The molecule has 3 aromatic carbocycles. The first kappa shape index (κ1) is 30.5. The number of carbonyl (C=O) groups excluding carboxylic acids is 3. The molecule has 0 aliphatic carbocycles. The molecule has 5 atom stereocenters. The van der Waals surface area contributed by atoms with Crippen LogP contribution in [0.4, 0.5) is 0 Å². The van der Waals surface area contributed by atoms with Crippen LogP contribution >= 0.6 is 11.8 Å². The standard InChI is InChI=1S/C31H34O8SSi/c1-40-31-27(39-41(2,3)4)26(38-30(34)23-18-12-7-13-19-23)25(37-29(33)22-16-10-6-11-17-22)24(36-31)20-35-28(32)21-14-8-5-9-15-21/h5-19,24-27,31H,20H2,1-4H3/t24-,25?,26?,27?,31?/m1/s1. The minimum absolute atomic E-state index is 0.240. The quantitative estimate of drug-likeness (QED) is 0.169. The third-order valence-corrected chi connectivity index (χ3v) is 8.03. The van der Waals surface area contributed by atoms with Crippen molar-refractivity contribution in [1.82, 2.24) is 0 Å². The Kier molecular flexibility index (Phi) is 10.4. The molecular weight excluding hydrogens is 560 g/mol. The molecule has 0 aromatic heterocycles. The highest BCUT2D eigenvalue weighted by molar-refractivity contribution is 7.99. The summed E-state index contributed by atoms with van der Waals surface area (Å²) in [6.07, 6.45) is -2.02. The third kappa shape index (κ3) is 8.29. The lowest BCUT2D eigenvalue weighted by molar-refractivity contribution is -0.202. The van der Waals surface area contributed by atoms with E-state index in [2.05, 4.69) is 0 Å². The van der Waals surface area contributed by atoms with Crippen LogP contribution in [-0.2, 0) is 23.4 Å². The Labute approximate surface area is 245 Å². The van der Waals surface area contributed by atoms with E-state index >= 15 is 0 Å². The first-order valence-electron chi connectivity index (χ1n) is 13.3. The topological polar surface area (TPSA) is 97.4 Å². The molecule has 4 rings (SSSR count). The highest BCUT2D eigenvalue weighted by Gasteiger charge is 2.52. The summed E-state index contributed by atoms with van der Waals surface area (Å²) in [6, 6.07) is 25.6. The molecule has 1 fully saturated rings. The summed E-state index contributed by atoms with van der Waals surface area (Å²) in [4.78, 5) is 39.4. The first-order chi connectivity index (χ1) is 19.7. The van der Waals surface area contributed by atoms with E-state index in [0.717, 1.165) is 0 Å². The SMILES string of the molecule is CSC1O[C@H](COC(=O)c2ccccc2)C(OC(=O)c2ccccc2)C(OC(=O)c2ccccc2)C1O[Si](C)(C)C. The summed E-state index contributed by atoms with van der Waals surface area (Å²) >= 11 is 1.38. The zero-order valence-electron chi connectivity index (χ0n) is 23.4. The molecule has 10 heteroatoms. The number of esters is 3. The zero-order valence-corrected chi connectivity index (χ0v) is 25.2. The molecule has 3 aromatic rings. The van der Waals surface area contributed by atoms with Crippen LogP contribution in [0.15, 0.2) is 91.0 Å². The molecule has 0 spiro atoms. The molecule has 8 nitrogen and oxygen atoms in total. The lowest BCUT2D eigenvalue weighted by atomic mass is 9.99. The largest absolute Gasteiger partial charge is 0.459 e. The molecule has 0 bridgehead atoms. The summed E-state index contributed by atoms with van der Waals surface area (Å²) < 4.78 is 30.6. The predicted molar refractivity (Wildman–Crippen MR) is 158 cm³/mol. The normalized spacial score (nSPS) is 22.4. The molecule has 0 amide bonds. The van der Waals surface area contributed by atoms with Crippen molar-refractivity contribution in [3.05, 3.63) is 108 Å². The van der Waals surface area contributed by atoms with E-state index < -0.39 is 56.1 Å². The van der Waals surface area contributed by atoms with Gasteiger partial charge in [-0.15, -0.1) is 11.8 Å². The van der Waals surface area contributed by atoms with Gasteiger partial charge in [0.25, 0.3) is 0 Å². The van der Waals surface area contributed by atoms with Crippen LogP contribution < -0.4 is 0 Å². The molecule has 1 aliphatic heterocycles. The predicted octanol–water partition coefficient (Wildman–Crippen LogP) is 5.60. The summed E-state index contributed by atoms with van der Waals surface area (Å²) in [6.45, 7) is 5.80.